The smallest absolute Gasteiger partial charge is 0.137 e. The summed E-state index contributed by atoms with van der Waals surface area (Å²) in [4.78, 5) is 8.87. The molecule has 21 heavy (non-hydrogen) atoms. The Hall–Kier alpha value is -1.90. The highest BCUT2D eigenvalue weighted by molar-refractivity contribution is 5.71. The fourth-order valence-electron chi connectivity index (χ4n) is 3.74. The van der Waals surface area contributed by atoms with E-state index < -0.39 is 0 Å². The Bertz CT molecular complexity index is 687. The zero-order chi connectivity index (χ0) is 14.4. The van der Waals surface area contributed by atoms with Gasteiger partial charge in [0, 0.05) is 17.4 Å². The number of hydrogen-bond acceptors (Lipinski definition) is 3. The van der Waals surface area contributed by atoms with Crippen molar-refractivity contribution in [2.45, 2.75) is 52.4 Å². The minimum atomic E-state index is 0.826. The summed E-state index contributed by atoms with van der Waals surface area (Å²) in [5, 5.41) is 3.66. The van der Waals surface area contributed by atoms with E-state index in [4.69, 9.17) is 0 Å². The molecule has 1 aromatic carbocycles. The number of benzene rings is 1. The molecule has 0 bridgehead atoms. The third-order valence-corrected chi connectivity index (χ3v) is 4.81. The molecule has 0 saturated carbocycles. The van der Waals surface area contributed by atoms with Gasteiger partial charge in [-0.25, -0.2) is 9.97 Å². The van der Waals surface area contributed by atoms with E-state index in [2.05, 4.69) is 28.3 Å². The van der Waals surface area contributed by atoms with E-state index in [1.165, 1.54) is 55.3 Å². The van der Waals surface area contributed by atoms with Crippen LogP contribution in [0.25, 0.3) is 0 Å². The van der Waals surface area contributed by atoms with Crippen molar-refractivity contribution >= 4 is 11.5 Å². The molecule has 1 heterocycles. The Kier molecular flexibility index (Phi) is 2.95. The van der Waals surface area contributed by atoms with Crippen molar-refractivity contribution in [3.05, 3.63) is 45.9 Å². The molecule has 0 fully saturated rings. The first-order chi connectivity index (χ1) is 10.2. The first-order valence-corrected chi connectivity index (χ1v) is 7.96. The standard InChI is InChI=1S/C18H21N3/c1-11-10-19-12(2)20-18(11)21-17-15-7-3-5-13(15)9-14-6-4-8-16(14)17/h9-10H,3-8H2,1-2H3,(H,19,20,21). The van der Waals surface area contributed by atoms with Gasteiger partial charge < -0.3 is 5.32 Å². The number of anilines is 2. The summed E-state index contributed by atoms with van der Waals surface area (Å²) in [5.74, 6) is 1.80. The Morgan fingerprint density at radius 1 is 0.952 bits per heavy atom. The van der Waals surface area contributed by atoms with Crippen LogP contribution >= 0.6 is 0 Å². The van der Waals surface area contributed by atoms with Gasteiger partial charge in [0.05, 0.1) is 0 Å². The summed E-state index contributed by atoms with van der Waals surface area (Å²) in [6, 6.07) is 2.47. The Morgan fingerprint density at radius 3 is 2.29 bits per heavy atom. The fourth-order valence-corrected chi connectivity index (χ4v) is 3.74. The minimum Gasteiger partial charge on any atom is -0.339 e. The lowest BCUT2D eigenvalue weighted by atomic mass is 9.98. The Morgan fingerprint density at radius 2 is 1.62 bits per heavy atom. The van der Waals surface area contributed by atoms with E-state index >= 15 is 0 Å². The van der Waals surface area contributed by atoms with Crippen LogP contribution in [0.5, 0.6) is 0 Å². The van der Waals surface area contributed by atoms with E-state index in [0.29, 0.717) is 0 Å². The molecular weight excluding hydrogens is 258 g/mol. The van der Waals surface area contributed by atoms with Crippen LogP contribution in [0.3, 0.4) is 0 Å². The highest BCUT2D eigenvalue weighted by Crippen LogP contribution is 2.39. The van der Waals surface area contributed by atoms with E-state index in [9.17, 15) is 0 Å². The molecule has 2 aromatic rings. The van der Waals surface area contributed by atoms with Gasteiger partial charge in [0.25, 0.3) is 0 Å². The number of rotatable bonds is 2. The number of nitrogens with one attached hydrogen (secondary N) is 1. The van der Waals surface area contributed by atoms with Gasteiger partial charge in [0.1, 0.15) is 11.6 Å². The number of aromatic nitrogens is 2. The maximum absolute atomic E-state index is 4.60. The molecule has 0 radical (unpaired) electrons. The van der Waals surface area contributed by atoms with E-state index in [1.54, 1.807) is 11.1 Å². The van der Waals surface area contributed by atoms with Crippen molar-refractivity contribution in [3.8, 4) is 0 Å². The first-order valence-electron chi connectivity index (χ1n) is 7.96. The summed E-state index contributed by atoms with van der Waals surface area (Å²) >= 11 is 0. The van der Waals surface area contributed by atoms with Gasteiger partial charge in [-0.2, -0.15) is 0 Å². The highest BCUT2D eigenvalue weighted by atomic mass is 15.0. The second kappa shape index (κ2) is 4.83. The summed E-state index contributed by atoms with van der Waals surface area (Å²) in [6.07, 6.45) is 9.36. The lowest BCUT2D eigenvalue weighted by molar-refractivity contribution is 0.898. The maximum atomic E-state index is 4.60. The van der Waals surface area contributed by atoms with Crippen molar-refractivity contribution < 1.29 is 0 Å². The lowest BCUT2D eigenvalue weighted by Gasteiger charge is -2.17. The zero-order valence-corrected chi connectivity index (χ0v) is 12.8. The van der Waals surface area contributed by atoms with Gasteiger partial charge in [0.15, 0.2) is 0 Å². The van der Waals surface area contributed by atoms with Gasteiger partial charge in [-0.3, -0.25) is 0 Å². The first kappa shape index (κ1) is 12.8. The van der Waals surface area contributed by atoms with Crippen molar-refractivity contribution in [2.24, 2.45) is 0 Å². The largest absolute Gasteiger partial charge is 0.339 e. The van der Waals surface area contributed by atoms with E-state index in [0.717, 1.165) is 17.2 Å². The van der Waals surface area contributed by atoms with Gasteiger partial charge in [0.2, 0.25) is 0 Å². The molecule has 2 aliphatic carbocycles. The second-order valence-corrected chi connectivity index (χ2v) is 6.31. The van der Waals surface area contributed by atoms with Gasteiger partial charge in [-0.05, 0) is 74.6 Å². The molecule has 0 saturated heterocycles. The molecule has 3 nitrogen and oxygen atoms in total. The van der Waals surface area contributed by atoms with Gasteiger partial charge >= 0.3 is 0 Å². The topological polar surface area (TPSA) is 37.8 Å². The molecule has 0 spiro atoms. The molecule has 108 valence electrons. The molecule has 1 aromatic heterocycles. The van der Waals surface area contributed by atoms with Crippen LogP contribution in [0.4, 0.5) is 11.5 Å². The lowest BCUT2D eigenvalue weighted by Crippen LogP contribution is -2.05. The van der Waals surface area contributed by atoms with Crippen LogP contribution < -0.4 is 5.32 Å². The normalized spacial score (nSPS) is 15.9. The van der Waals surface area contributed by atoms with Crippen molar-refractivity contribution in [2.75, 3.05) is 5.32 Å². The van der Waals surface area contributed by atoms with Gasteiger partial charge in [-0.15, -0.1) is 0 Å². The molecule has 0 unspecified atom stereocenters. The average molecular weight is 279 g/mol. The molecule has 1 N–H and O–H groups in total. The summed E-state index contributed by atoms with van der Waals surface area (Å²) < 4.78 is 0. The SMILES string of the molecule is Cc1ncc(C)c(Nc2c3c(cc4c2CCC4)CCC3)n1. The third kappa shape index (κ3) is 2.11. The molecule has 0 aliphatic heterocycles. The number of nitrogens with zero attached hydrogens (tertiary/aromatic N) is 2. The Balaban J connectivity index is 1.83. The van der Waals surface area contributed by atoms with Crippen molar-refractivity contribution in [3.63, 3.8) is 0 Å². The van der Waals surface area contributed by atoms with Crippen LogP contribution in [0, 0.1) is 13.8 Å². The summed E-state index contributed by atoms with van der Waals surface area (Å²) in [5.41, 5.74) is 8.66. The minimum absolute atomic E-state index is 0.826. The number of aryl methyl sites for hydroxylation is 4. The molecule has 0 atom stereocenters. The predicted octanol–water partition coefficient (Wildman–Crippen LogP) is 3.81. The van der Waals surface area contributed by atoms with Crippen LogP contribution in [0.15, 0.2) is 12.3 Å². The van der Waals surface area contributed by atoms with E-state index in [1.807, 2.05) is 13.1 Å². The Labute approximate surface area is 125 Å². The van der Waals surface area contributed by atoms with Gasteiger partial charge in [-0.1, -0.05) is 6.07 Å². The van der Waals surface area contributed by atoms with Crippen LogP contribution in [0.2, 0.25) is 0 Å². The fraction of sp³-hybridized carbons (Fsp3) is 0.444. The molecule has 4 rings (SSSR count). The number of fused-ring (bicyclic) bond motifs is 2. The predicted molar refractivity (Wildman–Crippen MR) is 85.3 cm³/mol. The maximum Gasteiger partial charge on any atom is 0.137 e. The van der Waals surface area contributed by atoms with Crippen LogP contribution in [-0.2, 0) is 25.7 Å². The van der Waals surface area contributed by atoms with Crippen LogP contribution in [-0.4, -0.2) is 9.97 Å². The average Bonchev–Trinajstić information content (AvgIpc) is 3.10. The second-order valence-electron chi connectivity index (χ2n) is 6.31. The monoisotopic (exact) mass is 279 g/mol. The number of hydrogen-bond donors (Lipinski definition) is 1. The zero-order valence-electron chi connectivity index (χ0n) is 12.8. The van der Waals surface area contributed by atoms with Crippen molar-refractivity contribution in [1.29, 1.82) is 0 Å². The highest BCUT2D eigenvalue weighted by Gasteiger charge is 2.24. The summed E-state index contributed by atoms with van der Waals surface area (Å²) in [7, 11) is 0. The molecule has 0 amide bonds. The quantitative estimate of drug-likeness (QED) is 0.908. The molecular formula is C18H21N3. The third-order valence-electron chi connectivity index (χ3n) is 4.81. The van der Waals surface area contributed by atoms with Crippen LogP contribution in [0.1, 0.15) is 46.5 Å². The molecule has 2 aliphatic rings. The van der Waals surface area contributed by atoms with E-state index in [-0.39, 0.29) is 0 Å². The molecule has 3 heteroatoms. The summed E-state index contributed by atoms with van der Waals surface area (Å²) in [6.45, 7) is 4.02. The van der Waals surface area contributed by atoms with Crippen molar-refractivity contribution in [1.82, 2.24) is 9.97 Å².